The molecule has 0 aromatic heterocycles. The minimum Gasteiger partial charge on any atom is -0.194 e. The van der Waals surface area contributed by atoms with Crippen LogP contribution in [0.1, 0.15) is 5.56 Å². The van der Waals surface area contributed by atoms with Gasteiger partial charge in [-0.2, -0.15) is 8.42 Å². The van der Waals surface area contributed by atoms with Crippen molar-refractivity contribution in [2.45, 2.75) is 5.75 Å². The lowest BCUT2D eigenvalue weighted by atomic mass is 10.2. The molecule has 1 rings (SSSR count). The van der Waals surface area contributed by atoms with E-state index in [1.54, 1.807) is 18.2 Å². The summed E-state index contributed by atoms with van der Waals surface area (Å²) in [7, 11) is -4.46. The first-order valence-electron chi connectivity index (χ1n) is 3.25. The molecule has 1 aromatic rings. The molecule has 0 aliphatic heterocycles. The molecule has 0 fully saturated rings. The first-order chi connectivity index (χ1) is 5.88. The van der Waals surface area contributed by atoms with Gasteiger partial charge in [-0.15, -0.1) is 3.89 Å². The van der Waals surface area contributed by atoms with Gasteiger partial charge in [0.15, 0.2) is 0 Å². The molecule has 0 bridgehead atoms. The maximum Gasteiger partial charge on any atom is 0.306 e. The van der Waals surface area contributed by atoms with Crippen LogP contribution in [-0.4, -0.2) is 8.42 Å². The normalized spacial score (nSPS) is 11.6. The van der Waals surface area contributed by atoms with Crippen molar-refractivity contribution >= 4 is 42.1 Å². The van der Waals surface area contributed by atoms with Crippen LogP contribution in [0.25, 0.3) is 0 Å². The molecule has 0 amide bonds. The summed E-state index contributed by atoms with van der Waals surface area (Å²) < 4.78 is 34.3. The maximum atomic E-state index is 12.3. The zero-order valence-electron chi connectivity index (χ0n) is 6.30. The lowest BCUT2D eigenvalue weighted by molar-refractivity contribution is 0.551. The van der Waals surface area contributed by atoms with Gasteiger partial charge in [0.25, 0.3) is 0 Å². The highest BCUT2D eigenvalue weighted by atomic mass is 79.9. The fourth-order valence-electron chi connectivity index (χ4n) is 0.824. The van der Waals surface area contributed by atoms with Crippen LogP contribution in [0.2, 0.25) is 0 Å². The van der Waals surface area contributed by atoms with E-state index in [0.717, 1.165) is 4.47 Å². The maximum absolute atomic E-state index is 12.3. The van der Waals surface area contributed by atoms with E-state index in [2.05, 4.69) is 31.9 Å². The Hall–Kier alpha value is 0.0600. The summed E-state index contributed by atoms with van der Waals surface area (Å²) in [5.74, 6) is -0.596. The molecule has 13 heavy (non-hydrogen) atoms. The molecule has 0 radical (unpaired) electrons. The van der Waals surface area contributed by atoms with E-state index in [9.17, 15) is 12.3 Å². The van der Waals surface area contributed by atoms with Crippen LogP contribution >= 0.6 is 31.9 Å². The molecule has 0 atom stereocenters. The minimum atomic E-state index is -4.46. The summed E-state index contributed by atoms with van der Waals surface area (Å²) in [6, 6.07) is 4.87. The monoisotopic (exact) mass is 330 g/mol. The van der Waals surface area contributed by atoms with Gasteiger partial charge in [-0.05, 0) is 17.7 Å². The van der Waals surface area contributed by atoms with Crippen molar-refractivity contribution in [2.75, 3.05) is 0 Å². The van der Waals surface area contributed by atoms with Crippen molar-refractivity contribution in [1.29, 1.82) is 0 Å². The first kappa shape index (κ1) is 11.1. The average molecular weight is 332 g/mol. The lowest BCUT2D eigenvalue weighted by Gasteiger charge is -2.01. The molecular weight excluding hydrogens is 327 g/mol. The third-order valence-corrected chi connectivity index (χ3v) is 3.23. The smallest absolute Gasteiger partial charge is 0.194 e. The highest BCUT2D eigenvalue weighted by molar-refractivity contribution is 9.11. The fraction of sp³-hybridized carbons (Fsp3) is 0.143. The molecule has 0 unspecified atom stereocenters. The highest BCUT2D eigenvalue weighted by Crippen LogP contribution is 2.23. The Labute approximate surface area is 92.6 Å². The second kappa shape index (κ2) is 4.06. The first-order valence-corrected chi connectivity index (χ1v) is 6.38. The molecular formula is C7H5Br2FO2S. The summed E-state index contributed by atoms with van der Waals surface area (Å²) in [4.78, 5) is 0. The van der Waals surface area contributed by atoms with Gasteiger partial charge in [-0.3, -0.25) is 0 Å². The van der Waals surface area contributed by atoms with Gasteiger partial charge in [0.05, 0.1) is 0 Å². The second-order valence-corrected chi connectivity index (χ2v) is 5.56. The molecule has 1 aromatic carbocycles. The molecule has 0 heterocycles. The number of halogens is 3. The predicted molar refractivity (Wildman–Crippen MR) is 55.6 cm³/mol. The van der Waals surface area contributed by atoms with E-state index in [4.69, 9.17) is 0 Å². The average Bonchev–Trinajstić information content (AvgIpc) is 1.93. The van der Waals surface area contributed by atoms with Gasteiger partial charge in [0, 0.05) is 8.95 Å². The minimum absolute atomic E-state index is 0.408. The van der Waals surface area contributed by atoms with Crippen molar-refractivity contribution in [1.82, 2.24) is 0 Å². The summed E-state index contributed by atoms with van der Waals surface area (Å²) in [6.45, 7) is 0. The van der Waals surface area contributed by atoms with Crippen LogP contribution < -0.4 is 0 Å². The van der Waals surface area contributed by atoms with Crippen LogP contribution in [0.3, 0.4) is 0 Å². The van der Waals surface area contributed by atoms with E-state index >= 15 is 0 Å². The van der Waals surface area contributed by atoms with Crippen LogP contribution in [-0.2, 0) is 16.0 Å². The van der Waals surface area contributed by atoms with Gasteiger partial charge in [-0.25, -0.2) is 0 Å². The summed E-state index contributed by atoms with van der Waals surface area (Å²) >= 11 is 6.34. The van der Waals surface area contributed by atoms with Gasteiger partial charge < -0.3 is 0 Å². The molecule has 0 N–H and O–H groups in total. The third-order valence-electron chi connectivity index (χ3n) is 1.34. The Bertz CT molecular complexity index is 417. The Morgan fingerprint density at radius 3 is 2.38 bits per heavy atom. The van der Waals surface area contributed by atoms with E-state index < -0.39 is 16.0 Å². The van der Waals surface area contributed by atoms with E-state index in [-0.39, 0.29) is 0 Å². The number of benzene rings is 1. The number of hydrogen-bond donors (Lipinski definition) is 0. The van der Waals surface area contributed by atoms with Crippen molar-refractivity contribution in [3.05, 3.63) is 32.7 Å². The van der Waals surface area contributed by atoms with Crippen molar-refractivity contribution in [3.63, 3.8) is 0 Å². The van der Waals surface area contributed by atoms with Crippen LogP contribution in [0, 0.1) is 0 Å². The van der Waals surface area contributed by atoms with Crippen LogP contribution in [0.4, 0.5) is 3.89 Å². The Kier molecular flexibility index (Phi) is 3.48. The van der Waals surface area contributed by atoms with Crippen molar-refractivity contribution < 1.29 is 12.3 Å². The summed E-state index contributed by atoms with van der Waals surface area (Å²) in [6.07, 6.45) is 0. The van der Waals surface area contributed by atoms with Crippen molar-refractivity contribution in [2.24, 2.45) is 0 Å². The zero-order chi connectivity index (χ0) is 10.1. The summed E-state index contributed by atoms with van der Waals surface area (Å²) in [5, 5.41) is 0. The van der Waals surface area contributed by atoms with E-state index in [0.29, 0.717) is 10.0 Å². The molecule has 0 spiro atoms. The molecule has 2 nitrogen and oxygen atoms in total. The van der Waals surface area contributed by atoms with Gasteiger partial charge >= 0.3 is 10.2 Å². The largest absolute Gasteiger partial charge is 0.306 e. The van der Waals surface area contributed by atoms with Crippen LogP contribution in [0.15, 0.2) is 27.1 Å². The molecule has 0 aliphatic carbocycles. The molecule has 0 saturated heterocycles. The highest BCUT2D eigenvalue weighted by Gasteiger charge is 2.11. The van der Waals surface area contributed by atoms with Gasteiger partial charge in [0.2, 0.25) is 0 Å². The number of hydrogen-bond acceptors (Lipinski definition) is 2. The molecule has 6 heteroatoms. The van der Waals surface area contributed by atoms with Gasteiger partial charge in [0.1, 0.15) is 5.75 Å². The zero-order valence-corrected chi connectivity index (χ0v) is 10.3. The Morgan fingerprint density at radius 2 is 1.92 bits per heavy atom. The SMILES string of the molecule is O=S(=O)(F)Cc1ccc(Br)cc1Br. The lowest BCUT2D eigenvalue weighted by Crippen LogP contribution is -1.96. The van der Waals surface area contributed by atoms with Gasteiger partial charge in [-0.1, -0.05) is 37.9 Å². The summed E-state index contributed by atoms with van der Waals surface area (Å²) in [5.41, 5.74) is 0.408. The standard InChI is InChI=1S/C7H5Br2FO2S/c8-6-2-1-5(7(9)3-6)4-13(10,11)12/h1-3H,4H2. The quantitative estimate of drug-likeness (QED) is 0.781. The Balaban J connectivity index is 3.04. The molecule has 72 valence electrons. The van der Waals surface area contributed by atoms with E-state index in [1.807, 2.05) is 0 Å². The molecule has 0 saturated carbocycles. The predicted octanol–water partition coefficient (Wildman–Crippen LogP) is 3.01. The van der Waals surface area contributed by atoms with Crippen molar-refractivity contribution in [3.8, 4) is 0 Å². The fourth-order valence-corrected chi connectivity index (χ4v) is 2.82. The van der Waals surface area contributed by atoms with E-state index in [1.165, 1.54) is 0 Å². The topological polar surface area (TPSA) is 34.1 Å². The molecule has 0 aliphatic rings. The second-order valence-electron chi connectivity index (χ2n) is 2.42. The van der Waals surface area contributed by atoms with Crippen LogP contribution in [0.5, 0.6) is 0 Å². The Morgan fingerprint density at radius 1 is 1.31 bits per heavy atom. The third kappa shape index (κ3) is 3.74. The number of rotatable bonds is 2.